The van der Waals surface area contributed by atoms with Crippen LogP contribution in [0, 0.1) is 5.92 Å². The number of nitrogens with one attached hydrogen (secondary N) is 1. The number of fused-ring (bicyclic) bond motifs is 1. The lowest BCUT2D eigenvalue weighted by molar-refractivity contribution is 0.155. The van der Waals surface area contributed by atoms with Crippen molar-refractivity contribution >= 4 is 28.2 Å². The maximum atomic E-state index is 9.91. The molecular weight excluding hydrogens is 284 g/mol. The highest BCUT2D eigenvalue weighted by molar-refractivity contribution is 6.31. The summed E-state index contributed by atoms with van der Waals surface area (Å²) in [6.07, 6.45) is 6.10. The largest absolute Gasteiger partial charge is 0.394 e. The molecule has 21 heavy (non-hydrogen) atoms. The van der Waals surface area contributed by atoms with Crippen molar-refractivity contribution in [3.63, 3.8) is 0 Å². The van der Waals surface area contributed by atoms with Gasteiger partial charge in [-0.25, -0.2) is 0 Å². The Morgan fingerprint density at radius 1 is 1.33 bits per heavy atom. The average molecular weight is 305 g/mol. The third-order valence-electron chi connectivity index (χ3n) is 4.64. The molecule has 4 heteroatoms. The van der Waals surface area contributed by atoms with E-state index >= 15 is 0 Å². The summed E-state index contributed by atoms with van der Waals surface area (Å²) in [5.41, 5.74) is 1.70. The van der Waals surface area contributed by atoms with Gasteiger partial charge >= 0.3 is 0 Å². The second-order valence-electron chi connectivity index (χ2n) is 6.27. The van der Waals surface area contributed by atoms with Gasteiger partial charge in [-0.15, -0.1) is 0 Å². The van der Waals surface area contributed by atoms with Crippen molar-refractivity contribution in [2.45, 2.75) is 38.1 Å². The lowest BCUT2D eigenvalue weighted by Gasteiger charge is -2.39. The third-order valence-corrected chi connectivity index (χ3v) is 4.87. The van der Waals surface area contributed by atoms with E-state index in [4.69, 9.17) is 11.6 Å². The summed E-state index contributed by atoms with van der Waals surface area (Å²) in [7, 11) is 0. The minimum Gasteiger partial charge on any atom is -0.394 e. The number of aliphatic hydroxyl groups excluding tert-OH is 1. The monoisotopic (exact) mass is 304 g/mol. The van der Waals surface area contributed by atoms with Crippen molar-refractivity contribution in [3.8, 4) is 0 Å². The molecule has 3 rings (SSSR count). The van der Waals surface area contributed by atoms with Gasteiger partial charge < -0.3 is 10.4 Å². The third kappa shape index (κ3) is 2.99. The molecule has 1 aromatic heterocycles. The summed E-state index contributed by atoms with van der Waals surface area (Å²) in [5.74, 6) is 0.750. The van der Waals surface area contributed by atoms with E-state index in [1.165, 1.54) is 0 Å². The maximum absolute atomic E-state index is 9.91. The van der Waals surface area contributed by atoms with E-state index in [9.17, 15) is 5.11 Å². The van der Waals surface area contributed by atoms with Crippen LogP contribution in [0.2, 0.25) is 5.02 Å². The van der Waals surface area contributed by atoms with Crippen LogP contribution in [-0.2, 0) is 0 Å². The molecule has 1 fully saturated rings. The summed E-state index contributed by atoms with van der Waals surface area (Å²) in [4.78, 5) is 4.37. The summed E-state index contributed by atoms with van der Waals surface area (Å²) in [6, 6.07) is 7.72. The second-order valence-corrected chi connectivity index (χ2v) is 6.70. The minimum absolute atomic E-state index is 0.164. The zero-order chi connectivity index (χ0) is 14.9. The number of anilines is 1. The van der Waals surface area contributed by atoms with Gasteiger partial charge in [0.25, 0.3) is 0 Å². The summed E-state index contributed by atoms with van der Waals surface area (Å²) in [6.45, 7) is 2.45. The van der Waals surface area contributed by atoms with Gasteiger partial charge in [-0.3, -0.25) is 4.98 Å². The molecule has 0 saturated heterocycles. The van der Waals surface area contributed by atoms with Gasteiger partial charge in [0.1, 0.15) is 0 Å². The van der Waals surface area contributed by atoms with Crippen molar-refractivity contribution in [1.82, 2.24) is 4.98 Å². The fourth-order valence-electron chi connectivity index (χ4n) is 3.15. The molecule has 0 spiro atoms. The highest BCUT2D eigenvalue weighted by Crippen LogP contribution is 2.36. The lowest BCUT2D eigenvalue weighted by atomic mass is 9.77. The van der Waals surface area contributed by atoms with Crippen LogP contribution >= 0.6 is 11.6 Å². The van der Waals surface area contributed by atoms with Gasteiger partial charge in [-0.2, -0.15) is 0 Å². The van der Waals surface area contributed by atoms with Gasteiger partial charge in [0.2, 0.25) is 0 Å². The Morgan fingerprint density at radius 2 is 2.10 bits per heavy atom. The molecule has 1 aliphatic carbocycles. The molecular formula is C17H21ClN2O. The van der Waals surface area contributed by atoms with Gasteiger partial charge in [0.15, 0.2) is 0 Å². The number of aliphatic hydroxyl groups is 1. The topological polar surface area (TPSA) is 45.1 Å². The Balaban J connectivity index is 1.93. The van der Waals surface area contributed by atoms with E-state index in [-0.39, 0.29) is 12.1 Å². The standard InChI is InChI=1S/C17H21ClN2O/c1-12-4-7-17(11-21,8-5-12)20-15-6-9-19-16-10-13(18)2-3-14(15)16/h2-3,6,9-10,12,21H,4-5,7-8,11H2,1H3,(H,19,20). The molecule has 2 N–H and O–H groups in total. The molecule has 0 bridgehead atoms. The number of aromatic nitrogens is 1. The normalized spacial score (nSPS) is 26.0. The second kappa shape index (κ2) is 5.82. The quantitative estimate of drug-likeness (QED) is 0.891. The fourth-order valence-corrected chi connectivity index (χ4v) is 3.32. The summed E-state index contributed by atoms with van der Waals surface area (Å²) < 4.78 is 0. The van der Waals surface area contributed by atoms with Crippen LogP contribution in [0.4, 0.5) is 5.69 Å². The molecule has 0 aliphatic heterocycles. The molecule has 112 valence electrons. The number of hydrogen-bond acceptors (Lipinski definition) is 3. The van der Waals surface area contributed by atoms with E-state index in [0.29, 0.717) is 5.02 Å². The van der Waals surface area contributed by atoms with Gasteiger partial charge in [-0.05, 0) is 55.9 Å². The van der Waals surface area contributed by atoms with Crippen LogP contribution in [0.15, 0.2) is 30.5 Å². The van der Waals surface area contributed by atoms with Crippen molar-refractivity contribution in [2.75, 3.05) is 11.9 Å². The molecule has 3 nitrogen and oxygen atoms in total. The molecule has 0 atom stereocenters. The van der Waals surface area contributed by atoms with E-state index in [1.54, 1.807) is 6.20 Å². The highest BCUT2D eigenvalue weighted by Gasteiger charge is 2.33. The SMILES string of the molecule is CC1CCC(CO)(Nc2ccnc3cc(Cl)ccc23)CC1. The van der Waals surface area contributed by atoms with Crippen molar-refractivity contribution in [2.24, 2.45) is 5.92 Å². The molecule has 0 unspecified atom stereocenters. The van der Waals surface area contributed by atoms with E-state index in [2.05, 4.69) is 17.2 Å². The van der Waals surface area contributed by atoms with Gasteiger partial charge in [0, 0.05) is 22.3 Å². The summed E-state index contributed by atoms with van der Waals surface area (Å²) in [5, 5.41) is 15.2. The zero-order valence-corrected chi connectivity index (χ0v) is 13.0. The van der Waals surface area contributed by atoms with Crippen LogP contribution in [0.3, 0.4) is 0 Å². The smallest absolute Gasteiger partial charge is 0.0737 e. The first-order valence-corrected chi connectivity index (χ1v) is 7.93. The Labute approximate surface area is 130 Å². The number of benzene rings is 1. The predicted octanol–water partition coefficient (Wildman–Crippen LogP) is 4.24. The Hall–Kier alpha value is -1.32. The van der Waals surface area contributed by atoms with E-state index in [0.717, 1.165) is 48.2 Å². The first-order chi connectivity index (χ1) is 10.1. The highest BCUT2D eigenvalue weighted by atomic mass is 35.5. The lowest BCUT2D eigenvalue weighted by Crippen LogP contribution is -2.45. The molecule has 1 saturated carbocycles. The number of halogens is 1. The Morgan fingerprint density at radius 3 is 2.81 bits per heavy atom. The molecule has 0 amide bonds. The van der Waals surface area contributed by atoms with Crippen LogP contribution in [0.1, 0.15) is 32.6 Å². The van der Waals surface area contributed by atoms with Crippen LogP contribution in [0.5, 0.6) is 0 Å². The first-order valence-electron chi connectivity index (χ1n) is 7.55. The number of hydrogen-bond donors (Lipinski definition) is 2. The average Bonchev–Trinajstić information content (AvgIpc) is 2.50. The Bertz CT molecular complexity index is 636. The van der Waals surface area contributed by atoms with Crippen LogP contribution in [0.25, 0.3) is 10.9 Å². The van der Waals surface area contributed by atoms with Crippen LogP contribution in [-0.4, -0.2) is 22.2 Å². The molecule has 1 heterocycles. The Kier molecular flexibility index (Phi) is 4.05. The maximum Gasteiger partial charge on any atom is 0.0737 e. The molecule has 1 aromatic carbocycles. The van der Waals surface area contributed by atoms with E-state index in [1.807, 2.05) is 24.3 Å². The first kappa shape index (κ1) is 14.6. The molecule has 1 aliphatic rings. The summed E-state index contributed by atoms with van der Waals surface area (Å²) >= 11 is 6.03. The molecule has 0 radical (unpaired) electrons. The van der Waals surface area contributed by atoms with E-state index < -0.39 is 0 Å². The number of nitrogens with zero attached hydrogens (tertiary/aromatic N) is 1. The van der Waals surface area contributed by atoms with Crippen molar-refractivity contribution in [1.29, 1.82) is 0 Å². The predicted molar refractivity (Wildman–Crippen MR) is 87.8 cm³/mol. The van der Waals surface area contributed by atoms with Gasteiger partial charge in [0.05, 0.1) is 17.7 Å². The van der Waals surface area contributed by atoms with Crippen molar-refractivity contribution < 1.29 is 5.11 Å². The van der Waals surface area contributed by atoms with Crippen molar-refractivity contribution in [3.05, 3.63) is 35.5 Å². The number of pyridine rings is 1. The number of rotatable bonds is 3. The zero-order valence-electron chi connectivity index (χ0n) is 12.3. The van der Waals surface area contributed by atoms with Crippen LogP contribution < -0.4 is 5.32 Å². The fraction of sp³-hybridized carbons (Fsp3) is 0.471. The molecule has 2 aromatic rings. The minimum atomic E-state index is -0.208. The van der Waals surface area contributed by atoms with Gasteiger partial charge in [-0.1, -0.05) is 18.5 Å².